The molecule has 3 fully saturated rings. The number of carboxylic acids is 1. The number of hydrogen-bond donors (Lipinski definition) is 1. The van der Waals surface area contributed by atoms with Gasteiger partial charge < -0.3 is 14.6 Å². The van der Waals surface area contributed by atoms with Crippen molar-refractivity contribution in [2.75, 3.05) is 0 Å². The van der Waals surface area contributed by atoms with Gasteiger partial charge in [0.15, 0.2) is 0 Å². The van der Waals surface area contributed by atoms with E-state index in [-0.39, 0.29) is 6.10 Å². The van der Waals surface area contributed by atoms with E-state index in [4.69, 9.17) is 9.47 Å². The van der Waals surface area contributed by atoms with Crippen molar-refractivity contribution in [3.63, 3.8) is 0 Å². The maximum absolute atomic E-state index is 11.3. The van der Waals surface area contributed by atoms with Gasteiger partial charge in [0, 0.05) is 5.57 Å². The van der Waals surface area contributed by atoms with Crippen molar-refractivity contribution in [2.45, 2.75) is 62.9 Å². The number of ether oxygens (including phenoxy) is 2. The first-order chi connectivity index (χ1) is 8.72. The van der Waals surface area contributed by atoms with E-state index < -0.39 is 5.97 Å². The molecule has 1 saturated carbocycles. The predicted molar refractivity (Wildman–Crippen MR) is 63.2 cm³/mol. The summed E-state index contributed by atoms with van der Waals surface area (Å²) >= 11 is 0. The topological polar surface area (TPSA) is 62.4 Å². The molecule has 0 aromatic heterocycles. The molecule has 0 amide bonds. The van der Waals surface area contributed by atoms with E-state index >= 15 is 0 Å². The van der Waals surface area contributed by atoms with Crippen LogP contribution >= 0.6 is 0 Å². The number of rotatable bonds is 3. The molecule has 0 aromatic rings. The smallest absolute Gasteiger partial charge is 0.331 e. The van der Waals surface area contributed by atoms with Gasteiger partial charge in [0.1, 0.15) is 6.10 Å². The zero-order valence-electron chi connectivity index (χ0n) is 10.3. The van der Waals surface area contributed by atoms with Crippen LogP contribution in [-0.4, -0.2) is 35.5 Å². The Hall–Kier alpha value is -0.870. The van der Waals surface area contributed by atoms with Crippen LogP contribution in [0, 0.1) is 5.92 Å². The molecule has 98 valence electrons. The Bertz CT molecular complexity index is 428. The summed E-state index contributed by atoms with van der Waals surface area (Å²) in [6.45, 7) is 0. The van der Waals surface area contributed by atoms with Crippen LogP contribution in [0.1, 0.15) is 38.5 Å². The molecule has 2 saturated heterocycles. The second-order valence-corrected chi connectivity index (χ2v) is 6.04. The largest absolute Gasteiger partial charge is 0.478 e. The summed E-state index contributed by atoms with van der Waals surface area (Å²) < 4.78 is 11.1. The lowest BCUT2D eigenvalue weighted by molar-refractivity contribution is -0.133. The summed E-state index contributed by atoms with van der Waals surface area (Å²) in [6, 6.07) is 0. The molecule has 4 rings (SSSR count). The minimum absolute atomic E-state index is 0.127. The Labute approximate surface area is 106 Å². The van der Waals surface area contributed by atoms with Gasteiger partial charge in [-0.15, -0.1) is 0 Å². The molecule has 2 heterocycles. The SMILES string of the molecule is O=C(O)C1=C(CC2CCC3OC3C2)C2OC2CC1. The van der Waals surface area contributed by atoms with Crippen LogP contribution in [0.25, 0.3) is 0 Å². The molecule has 1 N–H and O–H groups in total. The van der Waals surface area contributed by atoms with Crippen LogP contribution in [0.3, 0.4) is 0 Å². The Morgan fingerprint density at radius 2 is 2.06 bits per heavy atom. The van der Waals surface area contributed by atoms with Crippen molar-refractivity contribution < 1.29 is 19.4 Å². The highest BCUT2D eigenvalue weighted by Crippen LogP contribution is 2.47. The Balaban J connectivity index is 1.52. The molecular formula is C14H18O4. The monoisotopic (exact) mass is 250 g/mol. The van der Waals surface area contributed by atoms with Gasteiger partial charge >= 0.3 is 5.97 Å². The third-order valence-electron chi connectivity index (χ3n) is 4.87. The standard InChI is InChI=1S/C14H18O4/c15-14(16)8-2-4-11-13(18-11)9(8)5-7-1-3-10-12(6-7)17-10/h7,10-13H,1-6H2,(H,15,16). The Morgan fingerprint density at radius 3 is 2.83 bits per heavy atom. The molecule has 4 aliphatic rings. The predicted octanol–water partition coefficient (Wildman–Crippen LogP) is 1.89. The summed E-state index contributed by atoms with van der Waals surface area (Å²) in [5, 5.41) is 9.30. The van der Waals surface area contributed by atoms with Crippen molar-refractivity contribution in [3.05, 3.63) is 11.1 Å². The maximum Gasteiger partial charge on any atom is 0.331 e. The van der Waals surface area contributed by atoms with Gasteiger partial charge in [0.25, 0.3) is 0 Å². The van der Waals surface area contributed by atoms with Crippen LogP contribution in [0.15, 0.2) is 11.1 Å². The summed E-state index contributed by atoms with van der Waals surface area (Å²) in [4.78, 5) is 11.3. The Kier molecular flexibility index (Phi) is 2.33. The van der Waals surface area contributed by atoms with Gasteiger partial charge in [0.05, 0.1) is 18.3 Å². The molecule has 5 unspecified atom stereocenters. The van der Waals surface area contributed by atoms with E-state index in [9.17, 15) is 9.90 Å². The van der Waals surface area contributed by atoms with Crippen molar-refractivity contribution in [1.82, 2.24) is 0 Å². The number of carboxylic acid groups (broad SMARTS) is 1. The minimum Gasteiger partial charge on any atom is -0.478 e. The van der Waals surface area contributed by atoms with Gasteiger partial charge in [-0.1, -0.05) is 0 Å². The fourth-order valence-electron chi connectivity index (χ4n) is 3.75. The molecule has 4 nitrogen and oxygen atoms in total. The number of carbonyl (C=O) groups is 1. The first-order valence-corrected chi connectivity index (χ1v) is 6.98. The quantitative estimate of drug-likeness (QED) is 0.777. The first-order valence-electron chi connectivity index (χ1n) is 6.98. The van der Waals surface area contributed by atoms with E-state index in [0.29, 0.717) is 36.2 Å². The van der Waals surface area contributed by atoms with Crippen LogP contribution in [0.4, 0.5) is 0 Å². The first kappa shape index (κ1) is 11.0. The van der Waals surface area contributed by atoms with E-state index in [1.165, 1.54) is 6.42 Å². The van der Waals surface area contributed by atoms with E-state index in [1.807, 2.05) is 0 Å². The van der Waals surface area contributed by atoms with Crippen LogP contribution in [-0.2, 0) is 14.3 Å². The van der Waals surface area contributed by atoms with Gasteiger partial charge in [-0.05, 0) is 50.0 Å². The highest BCUT2D eigenvalue weighted by atomic mass is 16.6. The molecular weight excluding hydrogens is 232 g/mol. The molecule has 4 heteroatoms. The molecule has 0 bridgehead atoms. The number of aliphatic carboxylic acids is 1. The number of hydrogen-bond acceptors (Lipinski definition) is 3. The van der Waals surface area contributed by atoms with Crippen molar-refractivity contribution >= 4 is 5.97 Å². The summed E-state index contributed by atoms with van der Waals surface area (Å²) in [6.07, 6.45) is 7.35. The lowest BCUT2D eigenvalue weighted by atomic mass is 9.80. The average Bonchev–Trinajstić information content (AvgIpc) is 3.22. The maximum atomic E-state index is 11.3. The lowest BCUT2D eigenvalue weighted by Crippen LogP contribution is -2.20. The minimum atomic E-state index is -0.740. The molecule has 5 atom stereocenters. The fraction of sp³-hybridized carbons (Fsp3) is 0.786. The second kappa shape index (κ2) is 3.81. The third-order valence-corrected chi connectivity index (χ3v) is 4.87. The zero-order valence-corrected chi connectivity index (χ0v) is 10.3. The second-order valence-electron chi connectivity index (χ2n) is 6.04. The van der Waals surface area contributed by atoms with Crippen molar-refractivity contribution in [3.8, 4) is 0 Å². The summed E-state index contributed by atoms with van der Waals surface area (Å²) in [5.41, 5.74) is 1.72. The molecule has 0 aromatic carbocycles. The average molecular weight is 250 g/mol. The molecule has 0 radical (unpaired) electrons. The summed E-state index contributed by atoms with van der Waals surface area (Å²) in [5.74, 6) is -0.142. The van der Waals surface area contributed by atoms with Crippen LogP contribution < -0.4 is 0 Å². The van der Waals surface area contributed by atoms with Gasteiger partial charge in [0.2, 0.25) is 0 Å². The molecule has 2 aliphatic carbocycles. The van der Waals surface area contributed by atoms with Crippen LogP contribution in [0.2, 0.25) is 0 Å². The summed E-state index contributed by atoms with van der Waals surface area (Å²) in [7, 11) is 0. The number of epoxide rings is 2. The third kappa shape index (κ3) is 1.79. The van der Waals surface area contributed by atoms with E-state index in [2.05, 4.69) is 0 Å². The fourth-order valence-corrected chi connectivity index (χ4v) is 3.75. The highest BCUT2D eigenvalue weighted by molar-refractivity contribution is 5.88. The van der Waals surface area contributed by atoms with Gasteiger partial charge in [-0.25, -0.2) is 4.79 Å². The zero-order chi connectivity index (χ0) is 12.3. The molecule has 0 spiro atoms. The lowest BCUT2D eigenvalue weighted by Gasteiger charge is -2.22. The van der Waals surface area contributed by atoms with E-state index in [1.54, 1.807) is 0 Å². The molecule has 18 heavy (non-hydrogen) atoms. The van der Waals surface area contributed by atoms with Gasteiger partial charge in [-0.2, -0.15) is 0 Å². The highest BCUT2D eigenvalue weighted by Gasteiger charge is 2.49. The Morgan fingerprint density at radius 1 is 1.17 bits per heavy atom. The normalized spacial score (nSPS) is 45.2. The number of fused-ring (bicyclic) bond motifs is 2. The van der Waals surface area contributed by atoms with Crippen molar-refractivity contribution in [2.24, 2.45) is 5.92 Å². The van der Waals surface area contributed by atoms with Gasteiger partial charge in [-0.3, -0.25) is 0 Å². The van der Waals surface area contributed by atoms with E-state index in [0.717, 1.165) is 31.3 Å². The van der Waals surface area contributed by atoms with Crippen LogP contribution in [0.5, 0.6) is 0 Å². The van der Waals surface area contributed by atoms with Crippen molar-refractivity contribution in [1.29, 1.82) is 0 Å². The molecule has 2 aliphatic heterocycles.